The molecule has 0 spiro atoms. The summed E-state index contributed by atoms with van der Waals surface area (Å²) in [6.45, 7) is 8.23. The quantitative estimate of drug-likeness (QED) is 0.0101. The molecule has 10 amide bonds. The number of phosphoric acid groups is 1. The molecule has 3 heterocycles. The Labute approximate surface area is 653 Å². The third-order valence-electron chi connectivity index (χ3n) is 17.4. The number of likely N-dealkylation sites (N-methyl/N-ethyl adjacent to an activating group) is 2. The summed E-state index contributed by atoms with van der Waals surface area (Å²) in [5.74, 6) is -3.36. The minimum atomic E-state index is -5.01. The van der Waals surface area contributed by atoms with Crippen LogP contribution in [0.25, 0.3) is 21.5 Å². The van der Waals surface area contributed by atoms with E-state index in [-0.39, 0.29) is 140 Å². The summed E-state index contributed by atoms with van der Waals surface area (Å²) in [5, 5.41) is 16.0. The number of ether oxygens (including phenoxy) is 8. The summed E-state index contributed by atoms with van der Waals surface area (Å²) >= 11 is 17.1. The first-order valence-corrected chi connectivity index (χ1v) is 39.8. The highest BCUT2D eigenvalue weighted by Crippen LogP contribution is 2.50. The summed E-state index contributed by atoms with van der Waals surface area (Å²) < 4.78 is 61.8. The van der Waals surface area contributed by atoms with E-state index in [9.17, 15) is 57.5 Å². The van der Waals surface area contributed by atoms with Gasteiger partial charge in [0.2, 0.25) is 23.6 Å². The number of hydrogen-bond acceptors (Lipinski definition) is 20. The van der Waals surface area contributed by atoms with Crippen LogP contribution in [0.4, 0.5) is 31.4 Å². The van der Waals surface area contributed by atoms with E-state index in [1.807, 2.05) is 12.1 Å². The molecule has 109 heavy (non-hydrogen) atoms. The molecule has 31 nitrogen and oxygen atoms in total. The fraction of sp³-hybridized carbons (Fsp3) is 0.466. The number of benzene rings is 5. The van der Waals surface area contributed by atoms with Crippen LogP contribution in [0, 0.1) is 5.92 Å². The Morgan fingerprint density at radius 1 is 0.615 bits per heavy atom. The van der Waals surface area contributed by atoms with Crippen LogP contribution < -0.4 is 51.4 Å². The zero-order valence-electron chi connectivity index (χ0n) is 60.8. The number of rotatable bonds is 44. The van der Waals surface area contributed by atoms with Crippen molar-refractivity contribution in [1.29, 1.82) is 0 Å². The lowest BCUT2D eigenvalue weighted by atomic mass is 9.95. The molecule has 0 fully saturated rings. The van der Waals surface area contributed by atoms with Crippen molar-refractivity contribution in [2.45, 2.75) is 63.6 Å². The van der Waals surface area contributed by atoms with Crippen LogP contribution in [0.3, 0.4) is 0 Å². The molecule has 592 valence electrons. The molecular formula is C73H92BrCl2N10O21PS. The van der Waals surface area contributed by atoms with Crippen LogP contribution in [-0.2, 0) is 63.5 Å². The van der Waals surface area contributed by atoms with E-state index in [0.717, 1.165) is 22.5 Å². The number of phosphoric ester groups is 1. The van der Waals surface area contributed by atoms with Gasteiger partial charge >= 0.3 is 26.0 Å². The molecule has 6 aromatic rings. The molecule has 0 bridgehead atoms. The standard InChI is InChI=1S/C73H92BrCl2N10O21PS/c1-46(2)66(82-62(87)21-26-99-28-30-101-32-34-103-36-37-104-35-33-102-31-29-100-27-23-78-63(88)40-74)68(90)81-55(14-9-22-79-71(77)93)67(89)80-50-17-15-47(16-18-50)45-105-72(94)83(3)24-25-84(4)73(95)106-58-38-56-64(53-12-7-5-10-51(53)58)48(41-75)43-85(56)69(91)60-19-20-61(109-60)70(92)86-44-49(42-76)65-54-13-8-6-11-52(54)59(39-57(65)86)107-108(96,97)98/h5-8,10-13,15-20,38-39,46,48-49,55,66H,9,14,21-37,40-45H2,1-4H3,(H,78,88)(H,80,89)(H,81,90)(H,82,87)(H3,77,79,93)(H2,96,97,98). The molecule has 8 rings (SSSR count). The summed E-state index contributed by atoms with van der Waals surface area (Å²) in [6, 6.07) is 23.9. The molecule has 0 saturated heterocycles. The van der Waals surface area contributed by atoms with Gasteiger partial charge in [-0.3, -0.25) is 38.6 Å². The fourth-order valence-corrected chi connectivity index (χ4v) is 13.9. The number of anilines is 3. The zero-order chi connectivity index (χ0) is 78.6. The van der Waals surface area contributed by atoms with Gasteiger partial charge in [-0.05, 0) is 70.5 Å². The van der Waals surface area contributed by atoms with Gasteiger partial charge in [0.1, 0.15) is 30.2 Å². The summed E-state index contributed by atoms with van der Waals surface area (Å²) in [4.78, 5) is 145. The molecular weight excluding hydrogens is 1570 g/mol. The van der Waals surface area contributed by atoms with Gasteiger partial charge in [-0.15, -0.1) is 34.5 Å². The molecule has 2 aliphatic rings. The van der Waals surface area contributed by atoms with Gasteiger partial charge in [-0.25, -0.2) is 18.9 Å². The topological polar surface area (TPSA) is 393 Å². The molecule has 4 unspecified atom stereocenters. The minimum absolute atomic E-state index is 0.0111. The minimum Gasteiger partial charge on any atom is -0.445 e. The number of fused-ring (bicyclic) bond motifs is 6. The second kappa shape index (κ2) is 43.4. The molecule has 0 aliphatic carbocycles. The first-order valence-electron chi connectivity index (χ1n) is 35.2. The number of amides is 10. The molecule has 9 N–H and O–H groups in total. The van der Waals surface area contributed by atoms with Gasteiger partial charge < -0.3 is 94.3 Å². The number of thiophene rings is 1. The van der Waals surface area contributed by atoms with Crippen molar-refractivity contribution in [3.8, 4) is 11.5 Å². The molecule has 2 aliphatic heterocycles. The Morgan fingerprint density at radius 2 is 1.10 bits per heavy atom. The van der Waals surface area contributed by atoms with E-state index in [1.54, 1.807) is 97.6 Å². The lowest BCUT2D eigenvalue weighted by Gasteiger charge is -2.25. The maximum atomic E-state index is 14.7. The number of nitrogens with two attached hydrogens (primary N) is 1. The highest BCUT2D eigenvalue weighted by Gasteiger charge is 2.40. The number of alkyl halides is 3. The van der Waals surface area contributed by atoms with Gasteiger partial charge in [0.05, 0.1) is 106 Å². The Kier molecular flexibility index (Phi) is 34.3. The number of halogens is 3. The maximum Gasteiger partial charge on any atom is 0.524 e. The zero-order valence-corrected chi connectivity index (χ0v) is 65.6. The van der Waals surface area contributed by atoms with E-state index in [4.69, 9.17) is 71.4 Å². The van der Waals surface area contributed by atoms with Crippen LogP contribution in [0.5, 0.6) is 11.5 Å². The number of nitrogens with zero attached hydrogens (tertiary/aromatic N) is 4. The van der Waals surface area contributed by atoms with Crippen molar-refractivity contribution >= 4 is 151 Å². The largest absolute Gasteiger partial charge is 0.524 e. The first kappa shape index (κ1) is 86.3. The average molecular weight is 1660 g/mol. The number of nitrogens with one attached hydrogen (secondary N) is 5. The third kappa shape index (κ3) is 25.6. The SMILES string of the molecule is CC(C)C(NC(=O)CCOCCOCCOCCOCCOCCOCCNC(=O)CBr)C(=O)NC(CCCNC(N)=O)C(=O)Nc1ccc(COC(=O)N(C)CCN(C)C(=O)Oc2cc3c(c4ccccc24)C(CCl)CN3C(=O)c2ccc(C(=O)N3CC(CCl)c4c3cc(OP(=O)(O)O)c3ccccc43)s2)cc1. The van der Waals surface area contributed by atoms with Crippen LogP contribution in [0.15, 0.2) is 97.1 Å². The number of carbonyl (C=O) groups excluding carboxylic acids is 9. The number of carbonyl (C=O) groups is 9. The fourth-order valence-electron chi connectivity index (χ4n) is 11.9. The lowest BCUT2D eigenvalue weighted by molar-refractivity contribution is -0.132. The summed E-state index contributed by atoms with van der Waals surface area (Å²) in [6.07, 6.45) is -1.18. The number of primary amides is 1. The van der Waals surface area contributed by atoms with Gasteiger partial charge in [0.15, 0.2) is 0 Å². The van der Waals surface area contributed by atoms with Gasteiger partial charge in [-0.2, -0.15) is 0 Å². The summed E-state index contributed by atoms with van der Waals surface area (Å²) in [5.41, 5.74) is 8.47. The van der Waals surface area contributed by atoms with E-state index in [1.165, 1.54) is 34.9 Å². The van der Waals surface area contributed by atoms with Crippen LogP contribution in [0.1, 0.15) is 81.0 Å². The maximum absolute atomic E-state index is 14.7. The predicted molar refractivity (Wildman–Crippen MR) is 414 cm³/mol. The molecule has 36 heteroatoms. The second-order valence-electron chi connectivity index (χ2n) is 25.6. The van der Waals surface area contributed by atoms with Crippen LogP contribution in [0.2, 0.25) is 0 Å². The third-order valence-corrected chi connectivity index (χ3v) is 20.2. The van der Waals surface area contributed by atoms with Crippen molar-refractivity contribution in [3.63, 3.8) is 0 Å². The highest BCUT2D eigenvalue weighted by atomic mass is 79.9. The van der Waals surface area contributed by atoms with E-state index < -0.39 is 67.7 Å². The van der Waals surface area contributed by atoms with Gasteiger partial charge in [0.25, 0.3) is 11.8 Å². The number of urea groups is 1. The molecule has 4 atom stereocenters. The van der Waals surface area contributed by atoms with E-state index >= 15 is 0 Å². The monoisotopic (exact) mass is 1660 g/mol. The number of hydrogen-bond donors (Lipinski definition) is 8. The van der Waals surface area contributed by atoms with Gasteiger partial charge in [0, 0.05) is 112 Å². The lowest BCUT2D eigenvalue weighted by Crippen LogP contribution is -2.54. The average Bonchev–Trinajstić information content (AvgIpc) is 1.62. The van der Waals surface area contributed by atoms with Crippen molar-refractivity contribution in [2.75, 3.05) is 165 Å². The smallest absolute Gasteiger partial charge is 0.445 e. The predicted octanol–water partition coefficient (Wildman–Crippen LogP) is 8.20. The van der Waals surface area contributed by atoms with Crippen molar-refractivity contribution in [1.82, 2.24) is 31.1 Å². The normalized spacial score (nSPS) is 14.4. The Balaban J connectivity index is 0.764. The van der Waals surface area contributed by atoms with Crippen molar-refractivity contribution in [3.05, 3.63) is 124 Å². The van der Waals surface area contributed by atoms with Crippen molar-refractivity contribution < 1.29 is 99.9 Å². The second-order valence-corrected chi connectivity index (χ2v) is 29.1. The Morgan fingerprint density at radius 3 is 1.60 bits per heavy atom. The molecule has 5 aromatic carbocycles. The molecule has 0 saturated carbocycles. The first-order chi connectivity index (χ1) is 52.4. The van der Waals surface area contributed by atoms with Crippen LogP contribution >= 0.6 is 58.3 Å². The van der Waals surface area contributed by atoms with E-state index in [0.29, 0.717) is 110 Å². The van der Waals surface area contributed by atoms with Crippen LogP contribution in [-0.4, -0.2) is 235 Å². The Bertz CT molecular complexity index is 4160. The molecule has 1 aromatic heterocycles. The van der Waals surface area contributed by atoms with Gasteiger partial charge in [-0.1, -0.05) is 90.4 Å². The summed E-state index contributed by atoms with van der Waals surface area (Å²) in [7, 11) is -2.01. The van der Waals surface area contributed by atoms with E-state index in [2.05, 4.69) is 42.5 Å². The Hall–Kier alpha value is -8.28. The molecule has 0 radical (unpaired) electrons. The highest BCUT2D eigenvalue weighted by molar-refractivity contribution is 9.09. The van der Waals surface area contributed by atoms with Crippen molar-refractivity contribution in [2.24, 2.45) is 11.7 Å².